The Morgan fingerprint density at radius 2 is 1.96 bits per heavy atom. The Balaban J connectivity index is 1.59. The number of amides is 1. The lowest BCUT2D eigenvalue weighted by Crippen LogP contribution is -2.41. The van der Waals surface area contributed by atoms with Crippen LogP contribution in [0.15, 0.2) is 24.3 Å². The number of halogens is 1. The summed E-state index contributed by atoms with van der Waals surface area (Å²) < 4.78 is 15.2. The van der Waals surface area contributed by atoms with Crippen LogP contribution in [-0.2, 0) is 7.05 Å². The second-order valence-corrected chi connectivity index (χ2v) is 6.88. The molecule has 1 amide bonds. The van der Waals surface area contributed by atoms with E-state index in [0.29, 0.717) is 18.8 Å². The van der Waals surface area contributed by atoms with Crippen LogP contribution in [0.5, 0.6) is 0 Å². The number of aryl methyl sites for hydroxylation is 1. The van der Waals surface area contributed by atoms with Crippen molar-refractivity contribution >= 4 is 16.8 Å². The lowest BCUT2D eigenvalue weighted by molar-refractivity contribution is 0.0754. The zero-order chi connectivity index (χ0) is 16.8. The van der Waals surface area contributed by atoms with Crippen LogP contribution in [0.1, 0.15) is 23.3 Å². The van der Waals surface area contributed by atoms with E-state index in [2.05, 4.69) is 4.90 Å². The minimum atomic E-state index is -0.501. The maximum absolute atomic E-state index is 13.4. The van der Waals surface area contributed by atoms with Gasteiger partial charge in [0.25, 0.3) is 5.91 Å². The molecular weight excluding hydrogens is 309 g/mol. The van der Waals surface area contributed by atoms with Gasteiger partial charge in [-0.3, -0.25) is 9.69 Å². The van der Waals surface area contributed by atoms with Crippen LogP contribution in [-0.4, -0.2) is 63.7 Å². The van der Waals surface area contributed by atoms with Crippen LogP contribution in [0, 0.1) is 5.82 Å². The molecule has 2 aliphatic heterocycles. The molecule has 24 heavy (non-hydrogen) atoms. The molecule has 2 atom stereocenters. The highest BCUT2D eigenvalue weighted by atomic mass is 19.1. The molecule has 5 nitrogen and oxygen atoms in total. The molecule has 0 unspecified atom stereocenters. The molecular formula is C18H22FN3O2. The fourth-order valence-corrected chi connectivity index (χ4v) is 4.05. The summed E-state index contributed by atoms with van der Waals surface area (Å²) in [5, 5.41) is 11.1. The van der Waals surface area contributed by atoms with Crippen molar-refractivity contribution in [2.45, 2.75) is 25.0 Å². The number of hydrogen-bond acceptors (Lipinski definition) is 3. The van der Waals surface area contributed by atoms with Crippen molar-refractivity contribution in [3.63, 3.8) is 0 Å². The second kappa shape index (κ2) is 5.86. The molecule has 2 aliphatic rings. The predicted octanol–water partition coefficient (Wildman–Crippen LogP) is 1.60. The fraction of sp³-hybridized carbons (Fsp3) is 0.500. The van der Waals surface area contributed by atoms with Gasteiger partial charge >= 0.3 is 0 Å². The van der Waals surface area contributed by atoms with Gasteiger partial charge in [-0.1, -0.05) is 0 Å². The van der Waals surface area contributed by atoms with Crippen molar-refractivity contribution in [1.82, 2.24) is 14.4 Å². The number of likely N-dealkylation sites (tertiary alicyclic amines) is 2. The first-order valence-electron chi connectivity index (χ1n) is 8.51. The van der Waals surface area contributed by atoms with Gasteiger partial charge in [0.15, 0.2) is 0 Å². The number of benzene rings is 1. The molecule has 0 aliphatic carbocycles. The Morgan fingerprint density at radius 3 is 2.71 bits per heavy atom. The number of aliphatic hydroxyl groups is 1. The highest BCUT2D eigenvalue weighted by Gasteiger charge is 2.39. The Bertz CT molecular complexity index is 782. The number of aliphatic hydroxyl groups excluding tert-OH is 1. The third-order valence-corrected chi connectivity index (χ3v) is 5.38. The summed E-state index contributed by atoms with van der Waals surface area (Å²) in [6.07, 6.45) is 1.82. The third-order valence-electron chi connectivity index (χ3n) is 5.38. The molecule has 0 bridgehead atoms. The van der Waals surface area contributed by atoms with E-state index in [4.69, 9.17) is 0 Å². The highest BCUT2D eigenvalue weighted by Crippen LogP contribution is 2.25. The molecule has 4 rings (SSSR count). The average molecular weight is 331 g/mol. The zero-order valence-electron chi connectivity index (χ0n) is 13.8. The van der Waals surface area contributed by atoms with Gasteiger partial charge in [0.2, 0.25) is 0 Å². The molecule has 3 heterocycles. The predicted molar refractivity (Wildman–Crippen MR) is 89.4 cm³/mol. The van der Waals surface area contributed by atoms with E-state index in [1.54, 1.807) is 21.6 Å². The summed E-state index contributed by atoms with van der Waals surface area (Å²) in [4.78, 5) is 16.9. The molecule has 2 fully saturated rings. The number of carbonyl (C=O) groups is 1. The number of fused-ring (bicyclic) bond motifs is 1. The molecule has 2 aromatic rings. The largest absolute Gasteiger partial charge is 0.390 e. The summed E-state index contributed by atoms with van der Waals surface area (Å²) >= 11 is 0. The summed E-state index contributed by atoms with van der Waals surface area (Å²) in [7, 11) is 1.82. The quantitative estimate of drug-likeness (QED) is 0.909. The van der Waals surface area contributed by atoms with Gasteiger partial charge in [-0.05, 0) is 50.2 Å². The number of rotatable bonds is 2. The topological polar surface area (TPSA) is 48.7 Å². The Labute approximate surface area is 140 Å². The van der Waals surface area contributed by atoms with E-state index in [-0.39, 0.29) is 17.8 Å². The van der Waals surface area contributed by atoms with Crippen molar-refractivity contribution in [2.24, 2.45) is 7.05 Å². The summed E-state index contributed by atoms with van der Waals surface area (Å²) in [6, 6.07) is 6.30. The van der Waals surface area contributed by atoms with Gasteiger partial charge in [0.05, 0.1) is 12.1 Å². The Morgan fingerprint density at radius 1 is 1.21 bits per heavy atom. The zero-order valence-corrected chi connectivity index (χ0v) is 13.8. The van der Waals surface area contributed by atoms with Crippen LogP contribution in [0.2, 0.25) is 0 Å². The van der Waals surface area contributed by atoms with Gasteiger partial charge < -0.3 is 14.6 Å². The van der Waals surface area contributed by atoms with Gasteiger partial charge in [-0.15, -0.1) is 0 Å². The van der Waals surface area contributed by atoms with Crippen LogP contribution in [0.3, 0.4) is 0 Å². The van der Waals surface area contributed by atoms with E-state index in [0.717, 1.165) is 36.8 Å². The minimum absolute atomic E-state index is 0.0311. The summed E-state index contributed by atoms with van der Waals surface area (Å²) in [5.41, 5.74) is 1.36. The maximum atomic E-state index is 13.4. The van der Waals surface area contributed by atoms with Gasteiger partial charge in [0, 0.05) is 31.0 Å². The van der Waals surface area contributed by atoms with Crippen molar-refractivity contribution in [3.8, 4) is 0 Å². The molecule has 1 aromatic carbocycles. The van der Waals surface area contributed by atoms with Crippen molar-refractivity contribution in [3.05, 3.63) is 35.8 Å². The third kappa shape index (κ3) is 2.50. The van der Waals surface area contributed by atoms with Crippen molar-refractivity contribution in [1.29, 1.82) is 0 Å². The van der Waals surface area contributed by atoms with E-state index in [9.17, 15) is 14.3 Å². The maximum Gasteiger partial charge on any atom is 0.270 e. The normalized spacial score (nSPS) is 25.0. The smallest absolute Gasteiger partial charge is 0.270 e. The number of aromatic nitrogens is 1. The molecule has 0 saturated carbocycles. The SMILES string of the molecule is Cn1c(C(=O)N2C[C@@H](O)[C@H](N3CCCC3)C2)cc2cc(F)ccc21. The molecule has 0 spiro atoms. The van der Waals surface area contributed by atoms with E-state index in [1.165, 1.54) is 12.1 Å². The van der Waals surface area contributed by atoms with Crippen LogP contribution in [0.25, 0.3) is 10.9 Å². The number of nitrogens with zero attached hydrogens (tertiary/aromatic N) is 3. The number of β-amino-alcohol motifs (C(OH)–C–C–N with tert-alkyl or cyclic N) is 1. The first kappa shape index (κ1) is 15.6. The van der Waals surface area contributed by atoms with Crippen LogP contribution in [0.4, 0.5) is 4.39 Å². The van der Waals surface area contributed by atoms with Gasteiger partial charge in [0.1, 0.15) is 11.5 Å². The summed E-state index contributed by atoms with van der Waals surface area (Å²) in [6.45, 7) is 2.90. The first-order valence-corrected chi connectivity index (χ1v) is 8.51. The lowest BCUT2D eigenvalue weighted by Gasteiger charge is -2.25. The first-order chi connectivity index (χ1) is 11.5. The fourth-order valence-electron chi connectivity index (χ4n) is 4.05. The number of carbonyl (C=O) groups excluding carboxylic acids is 1. The monoisotopic (exact) mass is 331 g/mol. The Kier molecular flexibility index (Phi) is 3.81. The van der Waals surface area contributed by atoms with Crippen molar-refractivity contribution in [2.75, 3.05) is 26.2 Å². The van der Waals surface area contributed by atoms with E-state index in [1.807, 2.05) is 7.05 Å². The molecule has 128 valence electrons. The standard InChI is InChI=1S/C18H22FN3O2/c1-20-14-5-4-13(19)8-12(14)9-15(20)18(24)22-10-16(17(23)11-22)21-6-2-3-7-21/h4-5,8-9,16-17,23H,2-3,6-7,10-11H2,1H3/t16-,17-/m1/s1. The molecule has 0 radical (unpaired) electrons. The van der Waals surface area contributed by atoms with Gasteiger partial charge in [-0.2, -0.15) is 0 Å². The number of hydrogen-bond donors (Lipinski definition) is 1. The van der Waals surface area contributed by atoms with Crippen LogP contribution >= 0.6 is 0 Å². The molecule has 6 heteroatoms. The highest BCUT2D eigenvalue weighted by molar-refractivity contribution is 5.99. The summed E-state index contributed by atoms with van der Waals surface area (Å²) in [5.74, 6) is -0.410. The minimum Gasteiger partial charge on any atom is -0.390 e. The van der Waals surface area contributed by atoms with E-state index >= 15 is 0 Å². The molecule has 2 saturated heterocycles. The van der Waals surface area contributed by atoms with Crippen LogP contribution < -0.4 is 0 Å². The molecule has 1 aromatic heterocycles. The second-order valence-electron chi connectivity index (χ2n) is 6.88. The lowest BCUT2D eigenvalue weighted by atomic mass is 10.2. The Hall–Kier alpha value is -1.92. The average Bonchev–Trinajstić information content (AvgIpc) is 3.26. The molecule has 1 N–H and O–H groups in total. The van der Waals surface area contributed by atoms with E-state index < -0.39 is 6.10 Å². The van der Waals surface area contributed by atoms with Crippen molar-refractivity contribution < 1.29 is 14.3 Å². The van der Waals surface area contributed by atoms with Gasteiger partial charge in [-0.25, -0.2) is 4.39 Å².